The number of ether oxygens (including phenoxy) is 1. The topological polar surface area (TPSA) is 55.6 Å². The van der Waals surface area contributed by atoms with Crippen LogP contribution < -0.4 is 5.73 Å². The van der Waals surface area contributed by atoms with Gasteiger partial charge in [-0.15, -0.1) is 12.4 Å². The SMILES string of the molecule is Cl.NCCC(=O)N1CCOC(c2ccc(Cl)cc2)C1. The molecule has 1 aromatic rings. The Morgan fingerprint density at radius 1 is 1.42 bits per heavy atom. The van der Waals surface area contributed by atoms with Gasteiger partial charge in [0.1, 0.15) is 6.10 Å². The molecule has 4 nitrogen and oxygen atoms in total. The molecule has 1 fully saturated rings. The molecule has 1 aliphatic heterocycles. The number of amides is 1. The van der Waals surface area contributed by atoms with Crippen LogP contribution in [-0.4, -0.2) is 37.0 Å². The number of carbonyl (C=O) groups is 1. The van der Waals surface area contributed by atoms with E-state index < -0.39 is 0 Å². The lowest BCUT2D eigenvalue weighted by Gasteiger charge is -2.33. The Labute approximate surface area is 124 Å². The van der Waals surface area contributed by atoms with Crippen LogP contribution in [0.25, 0.3) is 0 Å². The molecule has 1 heterocycles. The third kappa shape index (κ3) is 4.35. The predicted octanol–water partition coefficient (Wildman–Crippen LogP) is 2.01. The summed E-state index contributed by atoms with van der Waals surface area (Å²) in [6, 6.07) is 7.54. The number of benzene rings is 1. The highest BCUT2D eigenvalue weighted by molar-refractivity contribution is 6.30. The summed E-state index contributed by atoms with van der Waals surface area (Å²) in [5.74, 6) is 0.0970. The van der Waals surface area contributed by atoms with Crippen LogP contribution in [0.15, 0.2) is 24.3 Å². The van der Waals surface area contributed by atoms with E-state index >= 15 is 0 Å². The van der Waals surface area contributed by atoms with Gasteiger partial charge < -0.3 is 15.4 Å². The van der Waals surface area contributed by atoms with Gasteiger partial charge in [0.25, 0.3) is 0 Å². The van der Waals surface area contributed by atoms with Crippen LogP contribution in [0.4, 0.5) is 0 Å². The van der Waals surface area contributed by atoms with Crippen molar-refractivity contribution in [2.24, 2.45) is 5.73 Å². The van der Waals surface area contributed by atoms with Crippen LogP contribution in [0.5, 0.6) is 0 Å². The van der Waals surface area contributed by atoms with Gasteiger partial charge in [0, 0.05) is 24.5 Å². The van der Waals surface area contributed by atoms with Crippen molar-refractivity contribution in [3.8, 4) is 0 Å². The van der Waals surface area contributed by atoms with E-state index in [2.05, 4.69) is 0 Å². The second-order valence-electron chi connectivity index (χ2n) is 4.29. The highest BCUT2D eigenvalue weighted by Crippen LogP contribution is 2.23. The molecule has 1 atom stereocenters. The number of hydrogen-bond acceptors (Lipinski definition) is 3. The number of nitrogens with zero attached hydrogens (tertiary/aromatic N) is 1. The molecule has 0 radical (unpaired) electrons. The molecule has 2 N–H and O–H groups in total. The van der Waals surface area contributed by atoms with E-state index in [1.807, 2.05) is 29.2 Å². The van der Waals surface area contributed by atoms with Crippen molar-refractivity contribution in [2.45, 2.75) is 12.5 Å². The summed E-state index contributed by atoms with van der Waals surface area (Å²) in [4.78, 5) is 13.6. The number of nitrogens with two attached hydrogens (primary N) is 1. The van der Waals surface area contributed by atoms with Crippen molar-refractivity contribution in [1.82, 2.24) is 4.90 Å². The normalized spacial score (nSPS) is 18.8. The lowest BCUT2D eigenvalue weighted by Crippen LogP contribution is -2.42. The maximum absolute atomic E-state index is 11.8. The molecule has 0 bridgehead atoms. The molecular formula is C13H18Cl2N2O2. The molecule has 1 unspecified atom stereocenters. The molecule has 0 spiro atoms. The van der Waals surface area contributed by atoms with Gasteiger partial charge in [0.05, 0.1) is 13.2 Å². The largest absolute Gasteiger partial charge is 0.370 e. The third-order valence-corrected chi connectivity index (χ3v) is 3.27. The van der Waals surface area contributed by atoms with E-state index in [9.17, 15) is 4.79 Å². The Hall–Kier alpha value is -0.810. The summed E-state index contributed by atoms with van der Waals surface area (Å²) in [5, 5.41) is 0.700. The fourth-order valence-electron chi connectivity index (χ4n) is 2.04. The molecule has 1 aromatic carbocycles. The van der Waals surface area contributed by atoms with E-state index in [-0.39, 0.29) is 24.4 Å². The van der Waals surface area contributed by atoms with Gasteiger partial charge in [-0.05, 0) is 17.7 Å². The Balaban J connectivity index is 0.00000180. The minimum atomic E-state index is -0.0715. The molecule has 1 saturated heterocycles. The minimum Gasteiger partial charge on any atom is -0.370 e. The van der Waals surface area contributed by atoms with Crippen LogP contribution in [0, 0.1) is 0 Å². The molecule has 1 amide bonds. The summed E-state index contributed by atoms with van der Waals surface area (Å²) in [5.41, 5.74) is 6.45. The predicted molar refractivity (Wildman–Crippen MR) is 77.6 cm³/mol. The molecule has 0 saturated carbocycles. The molecule has 106 valence electrons. The van der Waals surface area contributed by atoms with E-state index in [1.165, 1.54) is 0 Å². The number of morpholine rings is 1. The summed E-state index contributed by atoms with van der Waals surface area (Å²) in [7, 11) is 0. The summed E-state index contributed by atoms with van der Waals surface area (Å²) in [6.45, 7) is 2.18. The van der Waals surface area contributed by atoms with Gasteiger partial charge >= 0.3 is 0 Å². The molecular weight excluding hydrogens is 287 g/mol. The monoisotopic (exact) mass is 304 g/mol. The van der Waals surface area contributed by atoms with E-state index in [0.29, 0.717) is 37.7 Å². The zero-order valence-electron chi connectivity index (χ0n) is 10.5. The van der Waals surface area contributed by atoms with Crippen molar-refractivity contribution in [1.29, 1.82) is 0 Å². The van der Waals surface area contributed by atoms with Crippen molar-refractivity contribution >= 4 is 29.9 Å². The first-order valence-corrected chi connectivity index (χ1v) is 6.43. The van der Waals surface area contributed by atoms with E-state index in [1.54, 1.807) is 0 Å². The van der Waals surface area contributed by atoms with Crippen molar-refractivity contribution < 1.29 is 9.53 Å². The first kappa shape index (κ1) is 16.2. The maximum atomic E-state index is 11.8. The van der Waals surface area contributed by atoms with Crippen molar-refractivity contribution in [3.05, 3.63) is 34.9 Å². The van der Waals surface area contributed by atoms with Gasteiger partial charge in [-0.2, -0.15) is 0 Å². The van der Waals surface area contributed by atoms with E-state index in [4.69, 9.17) is 22.1 Å². The Morgan fingerprint density at radius 2 is 2.11 bits per heavy atom. The second-order valence-corrected chi connectivity index (χ2v) is 4.73. The Morgan fingerprint density at radius 3 is 2.74 bits per heavy atom. The Kier molecular flexibility index (Phi) is 6.58. The minimum absolute atomic E-state index is 0. The quantitative estimate of drug-likeness (QED) is 0.929. The van der Waals surface area contributed by atoms with Crippen LogP contribution in [0.2, 0.25) is 5.02 Å². The summed E-state index contributed by atoms with van der Waals surface area (Å²) >= 11 is 5.85. The molecule has 19 heavy (non-hydrogen) atoms. The average molecular weight is 305 g/mol. The van der Waals surface area contributed by atoms with E-state index in [0.717, 1.165) is 5.56 Å². The van der Waals surface area contributed by atoms with Gasteiger partial charge in [-0.25, -0.2) is 0 Å². The number of halogens is 2. The second kappa shape index (κ2) is 7.70. The van der Waals surface area contributed by atoms with Crippen LogP contribution in [-0.2, 0) is 9.53 Å². The average Bonchev–Trinajstić information content (AvgIpc) is 2.40. The smallest absolute Gasteiger partial charge is 0.224 e. The fraction of sp³-hybridized carbons (Fsp3) is 0.462. The van der Waals surface area contributed by atoms with Gasteiger partial charge in [0.2, 0.25) is 5.91 Å². The first-order valence-electron chi connectivity index (χ1n) is 6.05. The maximum Gasteiger partial charge on any atom is 0.224 e. The molecule has 0 aromatic heterocycles. The highest BCUT2D eigenvalue weighted by Gasteiger charge is 2.24. The van der Waals surface area contributed by atoms with Gasteiger partial charge in [-0.1, -0.05) is 23.7 Å². The number of carbonyl (C=O) groups excluding carboxylic acids is 1. The standard InChI is InChI=1S/C13H17ClN2O2.ClH/c14-11-3-1-10(2-4-11)12-9-16(7-8-18-12)13(17)5-6-15;/h1-4,12H,5-9,15H2;1H. The summed E-state index contributed by atoms with van der Waals surface area (Å²) < 4.78 is 5.69. The van der Waals surface area contributed by atoms with Crippen molar-refractivity contribution in [3.63, 3.8) is 0 Å². The zero-order chi connectivity index (χ0) is 13.0. The van der Waals surface area contributed by atoms with Crippen molar-refractivity contribution in [2.75, 3.05) is 26.2 Å². The summed E-state index contributed by atoms with van der Waals surface area (Å²) in [6.07, 6.45) is 0.325. The molecule has 0 aliphatic carbocycles. The lowest BCUT2D eigenvalue weighted by molar-refractivity contribution is -0.138. The third-order valence-electron chi connectivity index (χ3n) is 3.02. The van der Waals surface area contributed by atoms with Gasteiger partial charge in [-0.3, -0.25) is 4.79 Å². The van der Waals surface area contributed by atoms with Gasteiger partial charge in [0.15, 0.2) is 0 Å². The fourth-order valence-corrected chi connectivity index (χ4v) is 2.16. The zero-order valence-corrected chi connectivity index (χ0v) is 12.1. The highest BCUT2D eigenvalue weighted by atomic mass is 35.5. The molecule has 2 rings (SSSR count). The number of rotatable bonds is 3. The molecule has 1 aliphatic rings. The first-order chi connectivity index (χ1) is 8.70. The van der Waals surface area contributed by atoms with Crippen LogP contribution in [0.3, 0.4) is 0 Å². The lowest BCUT2D eigenvalue weighted by atomic mass is 10.1. The van der Waals surface area contributed by atoms with Crippen LogP contribution in [0.1, 0.15) is 18.1 Å². The Bertz CT molecular complexity index is 412. The molecule has 6 heteroatoms. The number of hydrogen-bond donors (Lipinski definition) is 1. The van der Waals surface area contributed by atoms with Crippen LogP contribution >= 0.6 is 24.0 Å².